The number of piperidine rings is 1. The van der Waals surface area contributed by atoms with Crippen molar-refractivity contribution in [2.45, 2.75) is 26.7 Å². The number of rotatable bonds is 3. The van der Waals surface area contributed by atoms with Gasteiger partial charge in [-0.15, -0.1) is 0 Å². The molecule has 1 aliphatic rings. The van der Waals surface area contributed by atoms with Crippen LogP contribution in [0, 0.1) is 11.3 Å². The van der Waals surface area contributed by atoms with Gasteiger partial charge < -0.3 is 10.6 Å². The quantitative estimate of drug-likeness (QED) is 0.886. The van der Waals surface area contributed by atoms with Crippen LogP contribution in [0.1, 0.15) is 26.7 Å². The number of carbonyl (C=O) groups excluding carboxylic acids is 1. The van der Waals surface area contributed by atoms with Crippen LogP contribution in [0.4, 0.5) is 5.69 Å². The van der Waals surface area contributed by atoms with E-state index in [1.165, 1.54) is 0 Å². The molecular formula is C15H20Cl2N2O. The lowest BCUT2D eigenvalue weighted by Crippen LogP contribution is -2.44. The van der Waals surface area contributed by atoms with Crippen molar-refractivity contribution in [1.82, 2.24) is 5.32 Å². The maximum atomic E-state index is 12.6. The molecule has 0 bridgehead atoms. The van der Waals surface area contributed by atoms with Gasteiger partial charge in [0.15, 0.2) is 0 Å². The lowest BCUT2D eigenvalue weighted by atomic mass is 9.74. The molecule has 2 rings (SSSR count). The molecule has 1 amide bonds. The first-order valence-electron chi connectivity index (χ1n) is 6.88. The molecule has 1 aromatic rings. The fourth-order valence-electron chi connectivity index (χ4n) is 2.53. The van der Waals surface area contributed by atoms with Gasteiger partial charge in [0.1, 0.15) is 0 Å². The highest BCUT2D eigenvalue weighted by molar-refractivity contribution is 6.35. The van der Waals surface area contributed by atoms with Gasteiger partial charge in [0.05, 0.1) is 10.7 Å². The Balaban J connectivity index is 2.11. The number of hydrogen-bond acceptors (Lipinski definition) is 2. The summed E-state index contributed by atoms with van der Waals surface area (Å²) in [4.78, 5) is 12.6. The molecule has 1 unspecified atom stereocenters. The number of nitrogens with one attached hydrogen (secondary N) is 2. The summed E-state index contributed by atoms with van der Waals surface area (Å²) in [7, 11) is 0. The maximum absolute atomic E-state index is 12.6. The molecule has 0 aliphatic carbocycles. The fourth-order valence-corrected chi connectivity index (χ4v) is 2.87. The molecular weight excluding hydrogens is 295 g/mol. The van der Waals surface area contributed by atoms with E-state index in [0.717, 1.165) is 25.9 Å². The van der Waals surface area contributed by atoms with Crippen molar-refractivity contribution in [3.63, 3.8) is 0 Å². The molecule has 0 aromatic heterocycles. The first kappa shape index (κ1) is 15.6. The van der Waals surface area contributed by atoms with Crippen LogP contribution in [0.3, 0.4) is 0 Å². The second-order valence-corrected chi connectivity index (χ2v) is 6.69. The highest BCUT2D eigenvalue weighted by Gasteiger charge is 2.37. The lowest BCUT2D eigenvalue weighted by molar-refractivity contribution is -0.127. The normalized spacial score (nSPS) is 19.7. The molecule has 1 saturated heterocycles. The molecule has 20 heavy (non-hydrogen) atoms. The molecule has 1 aliphatic heterocycles. The smallest absolute Gasteiger partial charge is 0.230 e. The summed E-state index contributed by atoms with van der Waals surface area (Å²) in [6.07, 6.45) is 2.18. The first-order valence-corrected chi connectivity index (χ1v) is 7.64. The zero-order valence-corrected chi connectivity index (χ0v) is 13.3. The zero-order valence-electron chi connectivity index (χ0n) is 11.8. The third-order valence-electron chi connectivity index (χ3n) is 4.08. The standard InChI is InChI=1S/C15H20Cl2N2O/c1-15(2,10-4-3-7-18-9-10)14(20)19-13-8-11(16)5-6-12(13)17/h5-6,8,10,18H,3-4,7,9H2,1-2H3,(H,19,20). The SMILES string of the molecule is CC(C)(C(=O)Nc1cc(Cl)ccc1Cl)C1CCCNC1. The highest BCUT2D eigenvalue weighted by atomic mass is 35.5. The van der Waals surface area contributed by atoms with Gasteiger partial charge in [-0.3, -0.25) is 4.79 Å². The van der Waals surface area contributed by atoms with Crippen molar-refractivity contribution >= 4 is 34.8 Å². The summed E-state index contributed by atoms with van der Waals surface area (Å²) in [5.41, 5.74) is 0.125. The molecule has 1 atom stereocenters. The highest BCUT2D eigenvalue weighted by Crippen LogP contribution is 2.34. The minimum absolute atomic E-state index is 0.0182. The Labute approximate surface area is 130 Å². The van der Waals surface area contributed by atoms with Gasteiger partial charge in [0.25, 0.3) is 0 Å². The van der Waals surface area contributed by atoms with E-state index in [9.17, 15) is 4.79 Å². The molecule has 3 nitrogen and oxygen atoms in total. The van der Waals surface area contributed by atoms with Gasteiger partial charge >= 0.3 is 0 Å². The Hall–Kier alpha value is -0.770. The van der Waals surface area contributed by atoms with E-state index in [4.69, 9.17) is 23.2 Å². The third-order valence-corrected chi connectivity index (χ3v) is 4.64. The van der Waals surface area contributed by atoms with Gasteiger partial charge in [-0.25, -0.2) is 0 Å². The van der Waals surface area contributed by atoms with Crippen molar-refractivity contribution in [3.05, 3.63) is 28.2 Å². The Morgan fingerprint density at radius 3 is 2.80 bits per heavy atom. The Morgan fingerprint density at radius 2 is 2.15 bits per heavy atom. The number of halogens is 2. The van der Waals surface area contributed by atoms with Crippen molar-refractivity contribution in [1.29, 1.82) is 0 Å². The predicted molar refractivity (Wildman–Crippen MR) is 84.5 cm³/mol. The van der Waals surface area contributed by atoms with Crippen LogP contribution >= 0.6 is 23.2 Å². The summed E-state index contributed by atoms with van der Waals surface area (Å²) in [5.74, 6) is 0.310. The van der Waals surface area contributed by atoms with Crippen LogP contribution < -0.4 is 10.6 Å². The average Bonchev–Trinajstić information content (AvgIpc) is 2.43. The van der Waals surface area contributed by atoms with Gasteiger partial charge in [0, 0.05) is 10.4 Å². The molecule has 0 spiro atoms. The number of hydrogen-bond donors (Lipinski definition) is 2. The second kappa shape index (κ2) is 6.33. The van der Waals surface area contributed by atoms with Crippen molar-refractivity contribution in [2.24, 2.45) is 11.3 Å². The summed E-state index contributed by atoms with van der Waals surface area (Å²) in [6.45, 7) is 5.88. The average molecular weight is 315 g/mol. The minimum atomic E-state index is -0.445. The predicted octanol–water partition coefficient (Wildman–Crippen LogP) is 3.96. The summed E-state index contributed by atoms with van der Waals surface area (Å²) in [6, 6.07) is 5.07. The largest absolute Gasteiger partial charge is 0.324 e. The van der Waals surface area contributed by atoms with Gasteiger partial charge in [-0.1, -0.05) is 37.0 Å². The molecule has 5 heteroatoms. The van der Waals surface area contributed by atoms with E-state index in [0.29, 0.717) is 21.7 Å². The van der Waals surface area contributed by atoms with E-state index in [1.54, 1.807) is 18.2 Å². The van der Waals surface area contributed by atoms with Crippen molar-refractivity contribution in [2.75, 3.05) is 18.4 Å². The van der Waals surface area contributed by atoms with Gasteiger partial charge in [-0.2, -0.15) is 0 Å². The Morgan fingerprint density at radius 1 is 1.40 bits per heavy atom. The minimum Gasteiger partial charge on any atom is -0.324 e. The van der Waals surface area contributed by atoms with E-state index in [2.05, 4.69) is 10.6 Å². The van der Waals surface area contributed by atoms with Crippen LogP contribution in [0.25, 0.3) is 0 Å². The molecule has 110 valence electrons. The number of amides is 1. The summed E-state index contributed by atoms with van der Waals surface area (Å²) in [5, 5.41) is 7.32. The molecule has 1 aromatic carbocycles. The number of benzene rings is 1. The van der Waals surface area contributed by atoms with E-state index < -0.39 is 5.41 Å². The van der Waals surface area contributed by atoms with E-state index in [1.807, 2.05) is 13.8 Å². The molecule has 0 saturated carbocycles. The van der Waals surface area contributed by atoms with E-state index >= 15 is 0 Å². The van der Waals surface area contributed by atoms with Crippen LogP contribution in [-0.4, -0.2) is 19.0 Å². The van der Waals surface area contributed by atoms with Gasteiger partial charge in [0.2, 0.25) is 5.91 Å². The topological polar surface area (TPSA) is 41.1 Å². The Bertz CT molecular complexity index is 497. The summed E-state index contributed by atoms with van der Waals surface area (Å²) < 4.78 is 0. The number of carbonyl (C=O) groups is 1. The van der Waals surface area contributed by atoms with Gasteiger partial charge in [-0.05, 0) is 50.0 Å². The Kier molecular flexibility index (Phi) is 4.95. The van der Waals surface area contributed by atoms with Crippen LogP contribution in [0.15, 0.2) is 18.2 Å². The maximum Gasteiger partial charge on any atom is 0.230 e. The number of anilines is 1. The lowest BCUT2D eigenvalue weighted by Gasteiger charge is -2.36. The molecule has 0 radical (unpaired) electrons. The first-order chi connectivity index (χ1) is 9.41. The second-order valence-electron chi connectivity index (χ2n) is 5.84. The van der Waals surface area contributed by atoms with Crippen LogP contribution in [0.5, 0.6) is 0 Å². The van der Waals surface area contributed by atoms with Crippen molar-refractivity contribution < 1.29 is 4.79 Å². The molecule has 2 N–H and O–H groups in total. The van der Waals surface area contributed by atoms with Crippen LogP contribution in [0.2, 0.25) is 10.0 Å². The van der Waals surface area contributed by atoms with E-state index in [-0.39, 0.29) is 5.91 Å². The molecule has 1 fully saturated rings. The zero-order chi connectivity index (χ0) is 14.8. The molecule has 1 heterocycles. The third kappa shape index (κ3) is 3.46. The summed E-state index contributed by atoms with van der Waals surface area (Å²) >= 11 is 12.0. The fraction of sp³-hybridized carbons (Fsp3) is 0.533. The monoisotopic (exact) mass is 314 g/mol. The van der Waals surface area contributed by atoms with Crippen LogP contribution in [-0.2, 0) is 4.79 Å². The van der Waals surface area contributed by atoms with Crippen molar-refractivity contribution in [3.8, 4) is 0 Å².